The summed E-state index contributed by atoms with van der Waals surface area (Å²) < 4.78 is 26.1. The smallest absolute Gasteiger partial charge is 0.264 e. The minimum atomic E-state index is -3.43. The Morgan fingerprint density at radius 2 is 2.13 bits per heavy atom. The largest absolute Gasteiger partial charge is 0.265 e. The van der Waals surface area contributed by atoms with E-state index in [0.29, 0.717) is 11.1 Å². The lowest BCUT2D eigenvalue weighted by atomic mass is 10.1. The van der Waals surface area contributed by atoms with E-state index in [4.69, 9.17) is 5.26 Å². The SMILES string of the molecule is Cc1ccc(COS(C)(=O)=O)cc1C#N. The van der Waals surface area contributed by atoms with Gasteiger partial charge in [-0.15, -0.1) is 0 Å². The lowest BCUT2D eigenvalue weighted by Crippen LogP contribution is -2.02. The van der Waals surface area contributed by atoms with Gasteiger partial charge in [0.15, 0.2) is 0 Å². The third-order valence-corrected chi connectivity index (χ3v) is 2.41. The van der Waals surface area contributed by atoms with E-state index in [-0.39, 0.29) is 6.61 Å². The average Bonchev–Trinajstić information content (AvgIpc) is 2.15. The number of nitriles is 1. The molecule has 0 unspecified atom stereocenters. The minimum absolute atomic E-state index is 0.0339. The van der Waals surface area contributed by atoms with Gasteiger partial charge in [0.25, 0.3) is 10.1 Å². The molecule has 0 aromatic heterocycles. The molecule has 0 fully saturated rings. The molecule has 0 aliphatic rings. The molecule has 0 radical (unpaired) electrons. The van der Waals surface area contributed by atoms with Crippen molar-refractivity contribution in [1.29, 1.82) is 5.26 Å². The Morgan fingerprint density at radius 1 is 1.47 bits per heavy atom. The van der Waals surface area contributed by atoms with Crippen LogP contribution in [0.25, 0.3) is 0 Å². The molecule has 0 atom stereocenters. The molecule has 0 N–H and O–H groups in total. The van der Waals surface area contributed by atoms with Crippen molar-refractivity contribution in [2.24, 2.45) is 0 Å². The number of nitrogens with zero attached hydrogens (tertiary/aromatic N) is 1. The van der Waals surface area contributed by atoms with Gasteiger partial charge in [-0.05, 0) is 24.1 Å². The van der Waals surface area contributed by atoms with E-state index in [2.05, 4.69) is 4.18 Å². The summed E-state index contributed by atoms with van der Waals surface area (Å²) in [4.78, 5) is 0. The van der Waals surface area contributed by atoms with Gasteiger partial charge in [-0.2, -0.15) is 13.7 Å². The third-order valence-electron chi connectivity index (χ3n) is 1.86. The van der Waals surface area contributed by atoms with Crippen molar-refractivity contribution in [3.63, 3.8) is 0 Å². The molecule has 0 spiro atoms. The molecule has 0 saturated heterocycles. The minimum Gasteiger partial charge on any atom is -0.265 e. The zero-order valence-electron chi connectivity index (χ0n) is 8.52. The first-order valence-electron chi connectivity index (χ1n) is 4.26. The zero-order valence-corrected chi connectivity index (χ0v) is 9.34. The van der Waals surface area contributed by atoms with Crippen LogP contribution < -0.4 is 0 Å². The zero-order chi connectivity index (χ0) is 11.5. The first-order valence-corrected chi connectivity index (χ1v) is 6.08. The van der Waals surface area contributed by atoms with Crippen molar-refractivity contribution in [3.8, 4) is 6.07 Å². The van der Waals surface area contributed by atoms with Crippen LogP contribution in [0.4, 0.5) is 0 Å². The maximum Gasteiger partial charge on any atom is 0.264 e. The summed E-state index contributed by atoms with van der Waals surface area (Å²) in [6.45, 7) is 1.79. The normalized spacial score (nSPS) is 11.0. The highest BCUT2D eigenvalue weighted by molar-refractivity contribution is 7.85. The second kappa shape index (κ2) is 4.43. The number of aryl methyl sites for hydroxylation is 1. The van der Waals surface area contributed by atoms with Gasteiger partial charge in [0.2, 0.25) is 0 Å². The molecule has 0 amide bonds. The molecule has 0 aliphatic carbocycles. The van der Waals surface area contributed by atoms with Crippen LogP contribution in [0.2, 0.25) is 0 Å². The van der Waals surface area contributed by atoms with E-state index in [0.717, 1.165) is 11.8 Å². The van der Waals surface area contributed by atoms with Crippen LogP contribution in [-0.4, -0.2) is 14.7 Å². The fraction of sp³-hybridized carbons (Fsp3) is 0.300. The molecule has 0 aliphatic heterocycles. The molecular formula is C10H11NO3S. The van der Waals surface area contributed by atoms with E-state index >= 15 is 0 Å². The first kappa shape index (κ1) is 11.7. The van der Waals surface area contributed by atoms with Crippen LogP contribution in [0, 0.1) is 18.3 Å². The van der Waals surface area contributed by atoms with Crippen LogP contribution in [-0.2, 0) is 20.9 Å². The molecule has 4 nitrogen and oxygen atoms in total. The van der Waals surface area contributed by atoms with Gasteiger partial charge >= 0.3 is 0 Å². The third kappa shape index (κ3) is 3.70. The van der Waals surface area contributed by atoms with Gasteiger partial charge in [0, 0.05) is 0 Å². The molecule has 1 aromatic rings. The summed E-state index contributed by atoms with van der Waals surface area (Å²) >= 11 is 0. The van der Waals surface area contributed by atoms with Gasteiger partial charge in [-0.1, -0.05) is 12.1 Å². The fourth-order valence-corrected chi connectivity index (χ4v) is 1.40. The number of hydrogen-bond acceptors (Lipinski definition) is 4. The van der Waals surface area contributed by atoms with Crippen molar-refractivity contribution >= 4 is 10.1 Å². The molecule has 1 aromatic carbocycles. The maximum absolute atomic E-state index is 10.7. The molecule has 1 rings (SSSR count). The number of benzene rings is 1. The molecule has 80 valence electrons. The summed E-state index contributed by atoms with van der Waals surface area (Å²) in [5.41, 5.74) is 2.06. The van der Waals surface area contributed by atoms with E-state index in [1.807, 2.05) is 13.0 Å². The number of hydrogen-bond donors (Lipinski definition) is 0. The van der Waals surface area contributed by atoms with Crippen molar-refractivity contribution < 1.29 is 12.6 Å². The van der Waals surface area contributed by atoms with E-state index in [1.165, 1.54) is 0 Å². The highest BCUT2D eigenvalue weighted by atomic mass is 32.2. The standard InChI is InChI=1S/C10H11NO3S/c1-8-3-4-9(5-10(8)6-11)7-14-15(2,12)13/h3-5H,7H2,1-2H3. The van der Waals surface area contributed by atoms with E-state index in [1.54, 1.807) is 18.2 Å². The molecular weight excluding hydrogens is 214 g/mol. The van der Waals surface area contributed by atoms with Gasteiger partial charge in [-0.3, -0.25) is 4.18 Å². The van der Waals surface area contributed by atoms with Crippen molar-refractivity contribution in [2.75, 3.05) is 6.26 Å². The van der Waals surface area contributed by atoms with Crippen LogP contribution in [0.1, 0.15) is 16.7 Å². The molecule has 5 heteroatoms. The van der Waals surface area contributed by atoms with E-state index in [9.17, 15) is 8.42 Å². The van der Waals surface area contributed by atoms with Gasteiger partial charge in [-0.25, -0.2) is 0 Å². The Balaban J connectivity index is 2.85. The average molecular weight is 225 g/mol. The lowest BCUT2D eigenvalue weighted by Gasteiger charge is -2.03. The summed E-state index contributed by atoms with van der Waals surface area (Å²) in [6.07, 6.45) is 0.992. The van der Waals surface area contributed by atoms with Crippen LogP contribution in [0.5, 0.6) is 0 Å². The number of rotatable bonds is 3. The fourth-order valence-electron chi connectivity index (χ4n) is 1.05. The van der Waals surface area contributed by atoms with Gasteiger partial charge < -0.3 is 0 Å². The summed E-state index contributed by atoms with van der Waals surface area (Å²) in [5, 5.41) is 8.76. The monoisotopic (exact) mass is 225 g/mol. The van der Waals surface area contributed by atoms with Crippen LogP contribution >= 0.6 is 0 Å². The first-order chi connectivity index (χ1) is 6.92. The summed E-state index contributed by atoms with van der Waals surface area (Å²) in [7, 11) is -3.43. The predicted molar refractivity (Wildman–Crippen MR) is 55.5 cm³/mol. The van der Waals surface area contributed by atoms with Crippen LogP contribution in [0.3, 0.4) is 0 Å². The van der Waals surface area contributed by atoms with Crippen molar-refractivity contribution in [3.05, 3.63) is 34.9 Å². The molecule has 0 bridgehead atoms. The topological polar surface area (TPSA) is 67.2 Å². The Kier molecular flexibility index (Phi) is 3.45. The second-order valence-corrected chi connectivity index (χ2v) is 4.87. The maximum atomic E-state index is 10.7. The highest BCUT2D eigenvalue weighted by Gasteiger charge is 2.04. The molecule has 0 heterocycles. The Hall–Kier alpha value is -1.38. The molecule has 15 heavy (non-hydrogen) atoms. The Labute approximate surface area is 89.2 Å². The van der Waals surface area contributed by atoms with Gasteiger partial charge in [0.05, 0.1) is 24.5 Å². The Bertz CT molecular complexity index is 500. The summed E-state index contributed by atoms with van der Waals surface area (Å²) in [5.74, 6) is 0. The van der Waals surface area contributed by atoms with E-state index < -0.39 is 10.1 Å². The van der Waals surface area contributed by atoms with Crippen molar-refractivity contribution in [2.45, 2.75) is 13.5 Å². The summed E-state index contributed by atoms with van der Waals surface area (Å²) in [6, 6.07) is 7.15. The van der Waals surface area contributed by atoms with Crippen LogP contribution in [0.15, 0.2) is 18.2 Å². The quantitative estimate of drug-likeness (QED) is 0.728. The predicted octanol–water partition coefficient (Wildman–Crippen LogP) is 1.34. The second-order valence-electron chi connectivity index (χ2n) is 3.23. The van der Waals surface area contributed by atoms with Gasteiger partial charge in [0.1, 0.15) is 0 Å². The Morgan fingerprint density at radius 3 is 2.67 bits per heavy atom. The molecule has 0 saturated carbocycles. The highest BCUT2D eigenvalue weighted by Crippen LogP contribution is 2.11. The van der Waals surface area contributed by atoms with Crippen molar-refractivity contribution in [1.82, 2.24) is 0 Å². The lowest BCUT2D eigenvalue weighted by molar-refractivity contribution is 0.311.